The molecule has 2 N–H and O–H groups in total. The fourth-order valence-electron chi connectivity index (χ4n) is 2.47. The number of nitrogens with zero attached hydrogens (tertiary/aromatic N) is 1. The summed E-state index contributed by atoms with van der Waals surface area (Å²) in [5.41, 5.74) is 2.65. The highest BCUT2D eigenvalue weighted by Gasteiger charge is 2.17. The second-order valence-electron chi connectivity index (χ2n) is 5.97. The molecule has 2 amide bonds. The van der Waals surface area contributed by atoms with Gasteiger partial charge >= 0.3 is 0 Å². The number of carbonyl (C=O) groups is 2. The number of aryl methyl sites for hydroxylation is 1. The number of amides is 2. The predicted molar refractivity (Wildman–Crippen MR) is 106 cm³/mol. The van der Waals surface area contributed by atoms with Gasteiger partial charge in [0.15, 0.2) is 0 Å². The van der Waals surface area contributed by atoms with Gasteiger partial charge in [0.1, 0.15) is 18.5 Å². The highest BCUT2D eigenvalue weighted by Crippen LogP contribution is 2.19. The zero-order valence-corrected chi connectivity index (χ0v) is 16.2. The number of aliphatic hydroxyl groups is 1. The van der Waals surface area contributed by atoms with E-state index in [4.69, 9.17) is 4.74 Å². The molecule has 27 heavy (non-hydrogen) atoms. The van der Waals surface area contributed by atoms with E-state index < -0.39 is 6.10 Å². The van der Waals surface area contributed by atoms with Crippen molar-refractivity contribution in [1.29, 1.82) is 0 Å². The number of hydrogen-bond donors (Lipinski definition) is 2. The van der Waals surface area contributed by atoms with E-state index >= 15 is 0 Å². The van der Waals surface area contributed by atoms with E-state index in [0.717, 1.165) is 17.5 Å². The van der Waals surface area contributed by atoms with Crippen molar-refractivity contribution < 1.29 is 19.4 Å². The Morgan fingerprint density at radius 2 is 1.96 bits per heavy atom. The largest absolute Gasteiger partial charge is 0.490 e. The summed E-state index contributed by atoms with van der Waals surface area (Å²) in [7, 11) is 0. The molecule has 7 heteroatoms. The van der Waals surface area contributed by atoms with Crippen LogP contribution in [0.25, 0.3) is 0 Å². The van der Waals surface area contributed by atoms with Crippen LogP contribution in [0.2, 0.25) is 0 Å². The normalized spacial score (nSPS) is 12.9. The summed E-state index contributed by atoms with van der Waals surface area (Å²) in [6, 6.07) is 11.1. The number of thioether (sulfide) groups is 1. The topological polar surface area (TPSA) is 88.5 Å². The zero-order chi connectivity index (χ0) is 19.6. The number of aliphatic hydroxyl groups excluding tert-OH is 1. The lowest BCUT2D eigenvalue weighted by molar-refractivity contribution is -0.124. The molecule has 1 heterocycles. The Morgan fingerprint density at radius 1 is 1.26 bits per heavy atom. The first kappa shape index (κ1) is 20.9. The first-order chi connectivity index (χ1) is 13.1. The third-order valence-corrected chi connectivity index (χ3v) is 5.08. The van der Waals surface area contributed by atoms with Gasteiger partial charge < -0.3 is 9.84 Å². The molecule has 0 aliphatic rings. The molecule has 1 aromatic heterocycles. The number of rotatable bonds is 10. The second kappa shape index (κ2) is 10.7. The minimum atomic E-state index is -0.802. The maximum Gasteiger partial charge on any atom is 0.239 e. The molecule has 1 aromatic carbocycles. The molecule has 0 saturated carbocycles. The van der Waals surface area contributed by atoms with Gasteiger partial charge in [-0.3, -0.25) is 19.9 Å². The Morgan fingerprint density at radius 3 is 2.52 bits per heavy atom. The van der Waals surface area contributed by atoms with E-state index in [1.807, 2.05) is 30.5 Å². The maximum atomic E-state index is 11.8. The van der Waals surface area contributed by atoms with E-state index in [-0.39, 0.29) is 17.8 Å². The molecule has 1 unspecified atom stereocenters. The van der Waals surface area contributed by atoms with Crippen molar-refractivity contribution in [3.05, 3.63) is 59.4 Å². The third-order valence-electron chi connectivity index (χ3n) is 4.13. The number of nitrogens with one attached hydrogen (secondary N) is 1. The van der Waals surface area contributed by atoms with Crippen molar-refractivity contribution in [3.8, 4) is 5.75 Å². The highest BCUT2D eigenvalue weighted by molar-refractivity contribution is 7.99. The van der Waals surface area contributed by atoms with Gasteiger partial charge in [0.05, 0.1) is 10.9 Å². The monoisotopic (exact) mass is 388 g/mol. The van der Waals surface area contributed by atoms with Crippen molar-refractivity contribution in [2.45, 2.75) is 31.1 Å². The Labute approximate surface area is 163 Å². The van der Waals surface area contributed by atoms with Gasteiger partial charge in [0.25, 0.3) is 0 Å². The van der Waals surface area contributed by atoms with Crippen LogP contribution in [0.1, 0.15) is 29.8 Å². The molecule has 2 atom stereocenters. The van der Waals surface area contributed by atoms with Crippen LogP contribution in [0.3, 0.4) is 0 Å². The lowest BCUT2D eigenvalue weighted by Crippen LogP contribution is -2.32. The van der Waals surface area contributed by atoms with Crippen LogP contribution in [0.15, 0.2) is 42.6 Å². The summed E-state index contributed by atoms with van der Waals surface area (Å²) >= 11 is 1.39. The molecule has 0 radical (unpaired) electrons. The number of benzene rings is 1. The fraction of sp³-hybridized carbons (Fsp3) is 0.350. The first-order valence-corrected chi connectivity index (χ1v) is 9.97. The molecule has 6 nitrogen and oxygen atoms in total. The van der Waals surface area contributed by atoms with Gasteiger partial charge in [-0.2, -0.15) is 11.8 Å². The van der Waals surface area contributed by atoms with Crippen molar-refractivity contribution in [2.24, 2.45) is 0 Å². The summed E-state index contributed by atoms with van der Waals surface area (Å²) in [6.45, 7) is 2.16. The molecule has 0 aliphatic carbocycles. The molecule has 2 rings (SSSR count). The van der Waals surface area contributed by atoms with Gasteiger partial charge in [-0.1, -0.05) is 25.1 Å². The van der Waals surface area contributed by atoms with Crippen molar-refractivity contribution >= 4 is 24.1 Å². The van der Waals surface area contributed by atoms with Crippen LogP contribution < -0.4 is 10.1 Å². The van der Waals surface area contributed by atoms with E-state index in [2.05, 4.69) is 17.2 Å². The Bertz CT molecular complexity index is 735. The molecule has 144 valence electrons. The van der Waals surface area contributed by atoms with Crippen molar-refractivity contribution in [2.75, 3.05) is 12.9 Å². The van der Waals surface area contributed by atoms with Gasteiger partial charge in [-0.15, -0.1) is 0 Å². The summed E-state index contributed by atoms with van der Waals surface area (Å²) in [4.78, 5) is 26.4. The van der Waals surface area contributed by atoms with Crippen LogP contribution >= 0.6 is 11.8 Å². The molecule has 0 bridgehead atoms. The van der Waals surface area contributed by atoms with E-state index in [1.165, 1.54) is 11.8 Å². The Hall–Kier alpha value is -2.38. The maximum absolute atomic E-state index is 11.8. The standard InChI is InChI=1S/C20H24N2O4S/c1-3-14-6-9-17(21-11-14)18(24)12-26-16-7-4-15(5-8-16)10-19(27-2)20(25)22-13-23/h4-9,11,13,18-19,24H,3,10,12H2,1-2H3,(H,22,23,25)/t18-,19?/m1/s1. The molecular weight excluding hydrogens is 364 g/mol. The summed E-state index contributed by atoms with van der Waals surface area (Å²) in [6.07, 6.45) is 4.60. The van der Waals surface area contributed by atoms with Crippen LogP contribution in [-0.4, -0.2) is 40.5 Å². The highest BCUT2D eigenvalue weighted by atomic mass is 32.2. The Balaban J connectivity index is 1.89. The van der Waals surface area contributed by atoms with Gasteiger partial charge in [0, 0.05) is 6.20 Å². The number of pyridine rings is 1. The lowest BCUT2D eigenvalue weighted by Gasteiger charge is -2.14. The summed E-state index contributed by atoms with van der Waals surface area (Å²) in [5.74, 6) is 0.323. The van der Waals surface area contributed by atoms with Crippen molar-refractivity contribution in [3.63, 3.8) is 0 Å². The number of hydrogen-bond acceptors (Lipinski definition) is 6. The molecule has 2 aromatic rings. The number of carbonyl (C=O) groups excluding carboxylic acids is 2. The number of ether oxygens (including phenoxy) is 1. The molecule has 0 saturated heterocycles. The van der Waals surface area contributed by atoms with Gasteiger partial charge in [-0.25, -0.2) is 0 Å². The van der Waals surface area contributed by atoms with E-state index in [1.54, 1.807) is 18.3 Å². The van der Waals surface area contributed by atoms with Crippen LogP contribution in [0.4, 0.5) is 0 Å². The average molecular weight is 388 g/mol. The number of aromatic nitrogens is 1. The fourth-order valence-corrected chi connectivity index (χ4v) is 3.11. The van der Waals surface area contributed by atoms with Gasteiger partial charge in [0.2, 0.25) is 12.3 Å². The van der Waals surface area contributed by atoms with Crippen LogP contribution in [-0.2, 0) is 22.4 Å². The van der Waals surface area contributed by atoms with Crippen LogP contribution in [0, 0.1) is 0 Å². The van der Waals surface area contributed by atoms with E-state index in [0.29, 0.717) is 24.3 Å². The molecular formula is C20H24N2O4S. The lowest BCUT2D eigenvalue weighted by atomic mass is 10.1. The predicted octanol–water partition coefficient (Wildman–Crippen LogP) is 2.30. The quantitative estimate of drug-likeness (QED) is 0.607. The molecule has 0 fully saturated rings. The molecule has 0 spiro atoms. The number of imide groups is 1. The van der Waals surface area contributed by atoms with Crippen LogP contribution in [0.5, 0.6) is 5.75 Å². The first-order valence-electron chi connectivity index (χ1n) is 8.68. The van der Waals surface area contributed by atoms with E-state index in [9.17, 15) is 14.7 Å². The Kier molecular flexibility index (Phi) is 8.29. The molecule has 0 aliphatic heterocycles. The smallest absolute Gasteiger partial charge is 0.239 e. The second-order valence-corrected chi connectivity index (χ2v) is 7.01. The summed E-state index contributed by atoms with van der Waals surface area (Å²) in [5, 5.41) is 12.1. The minimum absolute atomic E-state index is 0.104. The zero-order valence-electron chi connectivity index (χ0n) is 15.4. The third kappa shape index (κ3) is 6.37. The summed E-state index contributed by atoms with van der Waals surface area (Å²) < 4.78 is 5.63. The minimum Gasteiger partial charge on any atom is -0.490 e. The van der Waals surface area contributed by atoms with Gasteiger partial charge in [-0.05, 0) is 48.4 Å². The average Bonchev–Trinajstić information content (AvgIpc) is 2.71. The van der Waals surface area contributed by atoms with Crippen molar-refractivity contribution in [1.82, 2.24) is 10.3 Å². The SMILES string of the molecule is CCc1ccc([C@H](O)COc2ccc(CC(SC)C(=O)NC=O)cc2)nc1.